The standard InChI is InChI=1S/C25H23N3O3/c29-22-13-19-9-5-4-8-18(19)12-21(22)25(30)26-14-23-24-20(10-11-31-23)16-28(27-24)15-17-6-2-1-3-7-17/h1-9,12-13,16,23,29H,10-11,14-15H2,(H,26,30). The number of ether oxygens (including phenoxy) is 1. The molecule has 2 N–H and O–H groups in total. The molecule has 1 aromatic heterocycles. The van der Waals surface area contributed by atoms with E-state index in [0.29, 0.717) is 19.7 Å². The summed E-state index contributed by atoms with van der Waals surface area (Å²) in [4.78, 5) is 12.8. The molecule has 1 atom stereocenters. The molecule has 1 aliphatic heterocycles. The van der Waals surface area contributed by atoms with Crippen molar-refractivity contribution in [2.24, 2.45) is 0 Å². The van der Waals surface area contributed by atoms with Gasteiger partial charge in [-0.15, -0.1) is 0 Å². The van der Waals surface area contributed by atoms with Crippen molar-refractivity contribution in [2.45, 2.75) is 19.1 Å². The maximum absolute atomic E-state index is 12.8. The summed E-state index contributed by atoms with van der Waals surface area (Å²) in [5.74, 6) is -0.365. The second-order valence-electron chi connectivity index (χ2n) is 7.76. The topological polar surface area (TPSA) is 76.4 Å². The molecule has 6 nitrogen and oxygen atoms in total. The van der Waals surface area contributed by atoms with E-state index in [1.807, 2.05) is 47.1 Å². The number of nitrogens with one attached hydrogen (secondary N) is 1. The number of amides is 1. The van der Waals surface area contributed by atoms with Crippen LogP contribution in [-0.4, -0.2) is 33.9 Å². The highest BCUT2D eigenvalue weighted by Crippen LogP contribution is 2.27. The molecule has 0 bridgehead atoms. The van der Waals surface area contributed by atoms with Crippen LogP contribution in [0.5, 0.6) is 5.75 Å². The van der Waals surface area contributed by atoms with Gasteiger partial charge in [-0.05, 0) is 40.5 Å². The molecule has 6 heteroatoms. The van der Waals surface area contributed by atoms with Crippen LogP contribution < -0.4 is 5.32 Å². The number of benzene rings is 3. The second kappa shape index (κ2) is 8.24. The first-order valence-electron chi connectivity index (χ1n) is 10.4. The lowest BCUT2D eigenvalue weighted by atomic mass is 10.0. The Morgan fingerprint density at radius 3 is 2.65 bits per heavy atom. The number of hydrogen-bond acceptors (Lipinski definition) is 4. The number of phenols is 1. The Bertz CT molecular complexity index is 1230. The lowest BCUT2D eigenvalue weighted by molar-refractivity contribution is 0.0383. The molecule has 1 amide bonds. The van der Waals surface area contributed by atoms with Crippen molar-refractivity contribution in [3.05, 3.63) is 95.3 Å². The second-order valence-corrected chi connectivity index (χ2v) is 7.76. The zero-order valence-electron chi connectivity index (χ0n) is 17.0. The van der Waals surface area contributed by atoms with Gasteiger partial charge in [0, 0.05) is 12.7 Å². The van der Waals surface area contributed by atoms with Crippen molar-refractivity contribution in [1.29, 1.82) is 0 Å². The molecule has 0 aliphatic carbocycles. The number of phenolic OH excluding ortho intramolecular Hbond substituents is 1. The lowest BCUT2D eigenvalue weighted by Gasteiger charge is -2.22. The number of aromatic nitrogens is 2. The number of fused-ring (bicyclic) bond motifs is 2. The molecular formula is C25H23N3O3. The van der Waals surface area contributed by atoms with E-state index in [1.54, 1.807) is 12.1 Å². The van der Waals surface area contributed by atoms with Crippen molar-refractivity contribution < 1.29 is 14.6 Å². The van der Waals surface area contributed by atoms with E-state index in [2.05, 4.69) is 23.6 Å². The Balaban J connectivity index is 1.30. The van der Waals surface area contributed by atoms with Gasteiger partial charge in [-0.2, -0.15) is 5.10 Å². The summed E-state index contributed by atoms with van der Waals surface area (Å²) in [7, 11) is 0. The minimum atomic E-state index is -0.331. The quantitative estimate of drug-likeness (QED) is 0.521. The smallest absolute Gasteiger partial charge is 0.255 e. The molecule has 3 aromatic carbocycles. The van der Waals surface area contributed by atoms with E-state index in [-0.39, 0.29) is 23.3 Å². The third-order valence-corrected chi connectivity index (χ3v) is 5.61. The Labute approximate surface area is 180 Å². The third-order valence-electron chi connectivity index (χ3n) is 5.61. The van der Waals surface area contributed by atoms with Crippen LogP contribution in [0.3, 0.4) is 0 Å². The van der Waals surface area contributed by atoms with Crippen LogP contribution in [0.1, 0.15) is 33.3 Å². The van der Waals surface area contributed by atoms with Crippen LogP contribution in [0, 0.1) is 0 Å². The number of carbonyl (C=O) groups excluding carboxylic acids is 1. The molecule has 0 spiro atoms. The third kappa shape index (κ3) is 4.02. The van der Waals surface area contributed by atoms with Crippen molar-refractivity contribution in [3.63, 3.8) is 0 Å². The van der Waals surface area contributed by atoms with Gasteiger partial charge >= 0.3 is 0 Å². The molecule has 31 heavy (non-hydrogen) atoms. The lowest BCUT2D eigenvalue weighted by Crippen LogP contribution is -2.32. The minimum Gasteiger partial charge on any atom is -0.507 e. The summed E-state index contributed by atoms with van der Waals surface area (Å²) in [5.41, 5.74) is 3.45. The van der Waals surface area contributed by atoms with Crippen molar-refractivity contribution in [2.75, 3.05) is 13.2 Å². The predicted molar refractivity (Wildman–Crippen MR) is 118 cm³/mol. The largest absolute Gasteiger partial charge is 0.507 e. The zero-order valence-corrected chi connectivity index (χ0v) is 17.0. The van der Waals surface area contributed by atoms with Crippen LogP contribution >= 0.6 is 0 Å². The van der Waals surface area contributed by atoms with Crippen LogP contribution in [0.4, 0.5) is 0 Å². The highest BCUT2D eigenvalue weighted by Gasteiger charge is 2.26. The summed E-state index contributed by atoms with van der Waals surface area (Å²) < 4.78 is 7.83. The van der Waals surface area contributed by atoms with Crippen LogP contribution in [-0.2, 0) is 17.7 Å². The van der Waals surface area contributed by atoms with Crippen LogP contribution in [0.2, 0.25) is 0 Å². The molecule has 2 heterocycles. The summed E-state index contributed by atoms with van der Waals surface area (Å²) in [6.07, 6.45) is 2.56. The molecule has 156 valence electrons. The van der Waals surface area contributed by atoms with E-state index >= 15 is 0 Å². The van der Waals surface area contributed by atoms with Gasteiger partial charge in [0.2, 0.25) is 0 Å². The first kappa shape index (κ1) is 19.3. The van der Waals surface area contributed by atoms with E-state index in [9.17, 15) is 9.90 Å². The average Bonchev–Trinajstić information content (AvgIpc) is 3.20. The molecule has 1 aliphatic rings. The van der Waals surface area contributed by atoms with Crippen molar-refractivity contribution in [1.82, 2.24) is 15.1 Å². The van der Waals surface area contributed by atoms with Crippen molar-refractivity contribution in [3.8, 4) is 5.75 Å². The fourth-order valence-electron chi connectivity index (χ4n) is 4.03. The van der Waals surface area contributed by atoms with Gasteiger partial charge in [0.15, 0.2) is 0 Å². The first-order chi connectivity index (χ1) is 15.2. The fourth-order valence-corrected chi connectivity index (χ4v) is 4.03. The predicted octanol–water partition coefficient (Wildman–Crippen LogP) is 3.83. The Morgan fingerprint density at radius 2 is 1.84 bits per heavy atom. The van der Waals surface area contributed by atoms with Gasteiger partial charge in [-0.25, -0.2) is 0 Å². The number of rotatable bonds is 5. The normalized spacial score (nSPS) is 15.5. The maximum atomic E-state index is 12.8. The van der Waals surface area contributed by atoms with Crippen molar-refractivity contribution >= 4 is 16.7 Å². The summed E-state index contributed by atoms with van der Waals surface area (Å²) in [5, 5.41) is 19.7. The van der Waals surface area contributed by atoms with Gasteiger partial charge in [0.25, 0.3) is 5.91 Å². The molecule has 0 radical (unpaired) electrons. The average molecular weight is 413 g/mol. The zero-order chi connectivity index (χ0) is 21.2. The van der Waals surface area contributed by atoms with Gasteiger partial charge in [-0.1, -0.05) is 54.6 Å². The highest BCUT2D eigenvalue weighted by atomic mass is 16.5. The van der Waals surface area contributed by atoms with E-state index in [0.717, 1.165) is 28.5 Å². The molecular weight excluding hydrogens is 390 g/mol. The molecule has 1 unspecified atom stereocenters. The summed E-state index contributed by atoms with van der Waals surface area (Å²) in [6.45, 7) is 1.57. The highest BCUT2D eigenvalue weighted by molar-refractivity contribution is 6.01. The molecule has 5 rings (SSSR count). The van der Waals surface area contributed by atoms with Gasteiger partial charge in [0.1, 0.15) is 11.9 Å². The molecule has 0 saturated heterocycles. The van der Waals surface area contributed by atoms with Gasteiger partial charge in [-0.3, -0.25) is 9.48 Å². The number of nitrogens with zero attached hydrogens (tertiary/aromatic N) is 2. The van der Waals surface area contributed by atoms with Gasteiger partial charge < -0.3 is 15.2 Å². The Morgan fingerprint density at radius 1 is 1.10 bits per heavy atom. The number of hydrogen-bond donors (Lipinski definition) is 2. The number of carbonyl (C=O) groups is 1. The fraction of sp³-hybridized carbons (Fsp3) is 0.200. The van der Waals surface area contributed by atoms with Gasteiger partial charge in [0.05, 0.1) is 24.4 Å². The van der Waals surface area contributed by atoms with E-state index in [1.165, 1.54) is 5.56 Å². The minimum absolute atomic E-state index is 0.0337. The SMILES string of the molecule is O=C(NCC1OCCc2cn(Cc3ccccc3)nc21)c1cc2ccccc2cc1O. The molecule has 4 aromatic rings. The summed E-state index contributed by atoms with van der Waals surface area (Å²) in [6, 6.07) is 21.1. The monoisotopic (exact) mass is 413 g/mol. The number of aromatic hydroxyl groups is 1. The van der Waals surface area contributed by atoms with E-state index in [4.69, 9.17) is 9.84 Å². The Hall–Kier alpha value is -3.64. The van der Waals surface area contributed by atoms with Crippen LogP contribution in [0.25, 0.3) is 10.8 Å². The first-order valence-corrected chi connectivity index (χ1v) is 10.4. The molecule has 0 saturated carbocycles. The molecule has 0 fully saturated rings. The maximum Gasteiger partial charge on any atom is 0.255 e. The van der Waals surface area contributed by atoms with E-state index < -0.39 is 0 Å². The van der Waals surface area contributed by atoms with Crippen LogP contribution in [0.15, 0.2) is 72.9 Å². The Kier molecular flexibility index (Phi) is 5.14. The summed E-state index contributed by atoms with van der Waals surface area (Å²) >= 11 is 0.